The van der Waals surface area contributed by atoms with Crippen LogP contribution in [0.3, 0.4) is 0 Å². The number of benzene rings is 1. The number of hydrogen-bond acceptors (Lipinski definition) is 1. The van der Waals surface area contributed by atoms with E-state index in [-0.39, 0.29) is 0 Å². The Bertz CT molecular complexity index is 567. The molecular weight excluding hydrogens is 300 g/mol. The lowest BCUT2D eigenvalue weighted by Gasteiger charge is -2.57. The molecule has 0 unspecified atom stereocenters. The highest BCUT2D eigenvalue weighted by atomic mass is 32.1. The average Bonchev–Trinajstić information content (AvgIpc) is 2.42. The number of rotatable bonds is 3. The molecule has 0 heterocycles. The van der Waals surface area contributed by atoms with E-state index in [0.717, 1.165) is 35.1 Å². The van der Waals surface area contributed by atoms with Crippen molar-refractivity contribution >= 4 is 23.0 Å². The van der Waals surface area contributed by atoms with Crippen molar-refractivity contribution in [2.45, 2.75) is 52.4 Å². The third kappa shape index (κ3) is 3.26. The predicted octanol–water partition coefficient (Wildman–Crippen LogP) is 4.81. The predicted molar refractivity (Wildman–Crippen MR) is 101 cm³/mol. The van der Waals surface area contributed by atoms with Gasteiger partial charge in [0.15, 0.2) is 5.11 Å². The normalized spacial score (nSPS) is 34.4. The number of hydrogen-bond donors (Lipinski definition) is 2. The summed E-state index contributed by atoms with van der Waals surface area (Å²) in [5.74, 6) is 3.01. The van der Waals surface area contributed by atoms with Gasteiger partial charge in [0.25, 0.3) is 0 Å². The van der Waals surface area contributed by atoms with E-state index in [1.807, 2.05) is 0 Å². The smallest absolute Gasteiger partial charge is 0.170 e. The molecule has 0 radical (unpaired) electrons. The van der Waals surface area contributed by atoms with Crippen molar-refractivity contribution in [3.8, 4) is 0 Å². The van der Waals surface area contributed by atoms with Crippen LogP contribution in [0.2, 0.25) is 0 Å². The van der Waals surface area contributed by atoms with Gasteiger partial charge in [-0.15, -0.1) is 0 Å². The summed E-state index contributed by atoms with van der Waals surface area (Å²) in [7, 11) is 0. The first-order valence-corrected chi connectivity index (χ1v) is 9.54. The van der Waals surface area contributed by atoms with Crippen molar-refractivity contribution < 1.29 is 0 Å². The molecular formula is C20H28N2S. The van der Waals surface area contributed by atoms with Crippen LogP contribution in [0.25, 0.3) is 0 Å². The van der Waals surface area contributed by atoms with Crippen LogP contribution < -0.4 is 10.6 Å². The maximum absolute atomic E-state index is 5.55. The molecule has 124 valence electrons. The zero-order chi connectivity index (χ0) is 16.0. The van der Waals surface area contributed by atoms with E-state index in [0.29, 0.717) is 5.41 Å². The first-order valence-electron chi connectivity index (χ1n) is 9.13. The number of thiocarbonyl (C=S) groups is 1. The minimum Gasteiger partial charge on any atom is -0.362 e. The fraction of sp³-hybridized carbons (Fsp3) is 0.650. The summed E-state index contributed by atoms with van der Waals surface area (Å²) in [6.07, 6.45) is 8.80. The summed E-state index contributed by atoms with van der Waals surface area (Å²) in [5, 5.41) is 7.71. The summed E-state index contributed by atoms with van der Waals surface area (Å²) < 4.78 is 0. The number of anilines is 1. The largest absolute Gasteiger partial charge is 0.362 e. The van der Waals surface area contributed by atoms with Crippen LogP contribution in [0.1, 0.15) is 49.7 Å². The van der Waals surface area contributed by atoms with Crippen molar-refractivity contribution in [3.05, 3.63) is 29.3 Å². The zero-order valence-electron chi connectivity index (χ0n) is 14.3. The van der Waals surface area contributed by atoms with Gasteiger partial charge in [0, 0.05) is 12.2 Å². The van der Waals surface area contributed by atoms with E-state index in [9.17, 15) is 0 Å². The Morgan fingerprint density at radius 3 is 2.04 bits per heavy atom. The molecule has 0 aromatic heterocycles. The Hall–Kier alpha value is -1.09. The van der Waals surface area contributed by atoms with Crippen LogP contribution in [-0.4, -0.2) is 11.7 Å². The SMILES string of the molecule is Cc1cc(C)cc(NC(=S)NCC23CC4CC(CC(C4)C2)C3)c1. The molecule has 0 atom stereocenters. The lowest BCUT2D eigenvalue weighted by molar-refractivity contribution is -0.0490. The van der Waals surface area contributed by atoms with Gasteiger partial charge in [-0.3, -0.25) is 0 Å². The van der Waals surface area contributed by atoms with Gasteiger partial charge >= 0.3 is 0 Å². The molecule has 1 aromatic rings. The maximum atomic E-state index is 5.55. The van der Waals surface area contributed by atoms with Gasteiger partial charge in [0.05, 0.1) is 0 Å². The van der Waals surface area contributed by atoms with Crippen LogP contribution >= 0.6 is 12.2 Å². The highest BCUT2D eigenvalue weighted by molar-refractivity contribution is 7.80. The minimum atomic E-state index is 0.531. The third-order valence-electron chi connectivity index (χ3n) is 6.27. The monoisotopic (exact) mass is 328 g/mol. The van der Waals surface area contributed by atoms with E-state index >= 15 is 0 Å². The molecule has 1 aromatic carbocycles. The summed E-state index contributed by atoms with van der Waals surface area (Å²) in [4.78, 5) is 0. The van der Waals surface area contributed by atoms with Gasteiger partial charge in [0.2, 0.25) is 0 Å². The van der Waals surface area contributed by atoms with Crippen LogP contribution in [0, 0.1) is 37.0 Å². The van der Waals surface area contributed by atoms with Crippen LogP contribution in [0.15, 0.2) is 18.2 Å². The summed E-state index contributed by atoms with van der Waals surface area (Å²) in [6.45, 7) is 5.32. The molecule has 0 aliphatic heterocycles. The standard InChI is InChI=1S/C20H28N2S/c1-13-3-14(2)5-18(4-13)22-19(23)21-12-20-9-15-6-16(10-20)8-17(7-15)11-20/h3-5,15-17H,6-12H2,1-2H3,(H2,21,22,23). The van der Waals surface area contributed by atoms with Crippen molar-refractivity contribution in [2.24, 2.45) is 23.2 Å². The Labute approximate surface area is 145 Å². The molecule has 4 aliphatic rings. The van der Waals surface area contributed by atoms with Crippen molar-refractivity contribution in [1.29, 1.82) is 0 Å². The molecule has 4 fully saturated rings. The van der Waals surface area contributed by atoms with Gasteiger partial charge in [-0.2, -0.15) is 0 Å². The van der Waals surface area contributed by atoms with Gasteiger partial charge in [-0.25, -0.2) is 0 Å². The average molecular weight is 329 g/mol. The molecule has 0 spiro atoms. The molecule has 3 heteroatoms. The third-order valence-corrected chi connectivity index (χ3v) is 6.51. The van der Waals surface area contributed by atoms with Gasteiger partial charge in [-0.05, 0) is 111 Å². The van der Waals surface area contributed by atoms with Gasteiger partial charge in [0.1, 0.15) is 0 Å². The highest BCUT2D eigenvalue weighted by Crippen LogP contribution is 2.59. The lowest BCUT2D eigenvalue weighted by atomic mass is 9.49. The Morgan fingerprint density at radius 1 is 1.00 bits per heavy atom. The molecule has 2 N–H and O–H groups in total. The first-order chi connectivity index (χ1) is 11.0. The van der Waals surface area contributed by atoms with Crippen LogP contribution in [0.4, 0.5) is 5.69 Å². The summed E-state index contributed by atoms with van der Waals surface area (Å²) in [6, 6.07) is 6.51. The molecule has 4 saturated carbocycles. The van der Waals surface area contributed by atoms with Crippen LogP contribution in [-0.2, 0) is 0 Å². The van der Waals surface area contributed by atoms with E-state index in [4.69, 9.17) is 12.2 Å². The molecule has 0 amide bonds. The second-order valence-electron chi connectivity index (χ2n) is 8.60. The fourth-order valence-electron chi connectivity index (χ4n) is 6.00. The van der Waals surface area contributed by atoms with E-state index in [1.165, 1.54) is 49.7 Å². The molecule has 5 rings (SSSR count). The maximum Gasteiger partial charge on any atom is 0.170 e. The second-order valence-corrected chi connectivity index (χ2v) is 9.01. The first kappa shape index (κ1) is 15.4. The Kier molecular flexibility index (Phi) is 3.87. The molecule has 2 nitrogen and oxygen atoms in total. The molecule has 0 saturated heterocycles. The Balaban J connectivity index is 1.36. The van der Waals surface area contributed by atoms with E-state index < -0.39 is 0 Å². The van der Waals surface area contributed by atoms with Crippen molar-refractivity contribution in [3.63, 3.8) is 0 Å². The van der Waals surface area contributed by atoms with Crippen molar-refractivity contribution in [2.75, 3.05) is 11.9 Å². The number of nitrogens with one attached hydrogen (secondary N) is 2. The second kappa shape index (κ2) is 5.77. The highest BCUT2D eigenvalue weighted by Gasteiger charge is 2.50. The summed E-state index contributed by atoms with van der Waals surface area (Å²) >= 11 is 5.55. The van der Waals surface area contributed by atoms with Gasteiger partial charge < -0.3 is 10.6 Å². The van der Waals surface area contributed by atoms with Gasteiger partial charge in [-0.1, -0.05) is 6.07 Å². The van der Waals surface area contributed by atoms with E-state index in [2.05, 4.69) is 42.7 Å². The quantitative estimate of drug-likeness (QED) is 0.779. The lowest BCUT2D eigenvalue weighted by Crippen LogP contribution is -2.51. The molecule has 4 bridgehead atoms. The zero-order valence-corrected chi connectivity index (χ0v) is 15.1. The summed E-state index contributed by atoms with van der Waals surface area (Å²) in [5.41, 5.74) is 4.18. The van der Waals surface area contributed by atoms with Crippen LogP contribution in [0.5, 0.6) is 0 Å². The topological polar surface area (TPSA) is 24.1 Å². The Morgan fingerprint density at radius 2 is 1.52 bits per heavy atom. The van der Waals surface area contributed by atoms with E-state index in [1.54, 1.807) is 0 Å². The minimum absolute atomic E-state index is 0.531. The van der Waals surface area contributed by atoms with Crippen molar-refractivity contribution in [1.82, 2.24) is 5.32 Å². The molecule has 23 heavy (non-hydrogen) atoms. The molecule has 4 aliphatic carbocycles. The fourth-order valence-corrected chi connectivity index (χ4v) is 6.19. The number of aryl methyl sites for hydroxylation is 2.